The van der Waals surface area contributed by atoms with Crippen LogP contribution in [0.3, 0.4) is 0 Å². The summed E-state index contributed by atoms with van der Waals surface area (Å²) in [4.78, 5) is 0. The fourth-order valence-corrected chi connectivity index (χ4v) is 3.40. The van der Waals surface area contributed by atoms with Crippen LogP contribution >= 0.6 is 0 Å². The van der Waals surface area contributed by atoms with Crippen LogP contribution in [-0.2, 0) is 14.2 Å². The first kappa shape index (κ1) is 17.4. The normalized spacial score (nSPS) is 28.5. The van der Waals surface area contributed by atoms with E-state index >= 15 is 0 Å². The SMILES string of the molecule is CC/C=C/CC/C=C/[C@H]1O[C@H](c2ccccc2)C[C@@H]1C1OCCO1. The minimum Gasteiger partial charge on any atom is -0.366 e. The topological polar surface area (TPSA) is 27.7 Å². The van der Waals surface area contributed by atoms with Crippen LogP contribution in [0.4, 0.5) is 0 Å². The summed E-state index contributed by atoms with van der Waals surface area (Å²) in [6.07, 6.45) is 13.1. The maximum Gasteiger partial charge on any atom is 0.163 e. The monoisotopic (exact) mass is 328 g/mol. The lowest BCUT2D eigenvalue weighted by Crippen LogP contribution is -2.27. The number of allylic oxidation sites excluding steroid dienone is 3. The third-order valence-electron chi connectivity index (χ3n) is 4.63. The average molecular weight is 328 g/mol. The number of rotatable bonds is 7. The number of hydrogen-bond donors (Lipinski definition) is 0. The average Bonchev–Trinajstić information content (AvgIpc) is 3.28. The summed E-state index contributed by atoms with van der Waals surface area (Å²) in [5, 5.41) is 0. The molecule has 3 heteroatoms. The minimum atomic E-state index is -0.131. The minimum absolute atomic E-state index is 0.0634. The second-order valence-electron chi connectivity index (χ2n) is 6.39. The van der Waals surface area contributed by atoms with Gasteiger partial charge in [-0.05, 0) is 31.2 Å². The highest BCUT2D eigenvalue weighted by atomic mass is 16.7. The van der Waals surface area contributed by atoms with Gasteiger partial charge >= 0.3 is 0 Å². The van der Waals surface area contributed by atoms with Crippen molar-refractivity contribution in [3.8, 4) is 0 Å². The second-order valence-corrected chi connectivity index (χ2v) is 6.39. The van der Waals surface area contributed by atoms with Crippen molar-refractivity contribution >= 4 is 0 Å². The number of benzene rings is 1. The molecule has 0 saturated carbocycles. The summed E-state index contributed by atoms with van der Waals surface area (Å²) in [5.74, 6) is 0.264. The molecule has 0 aliphatic carbocycles. The quantitative estimate of drug-likeness (QED) is 0.531. The molecule has 130 valence electrons. The number of ether oxygens (including phenoxy) is 3. The van der Waals surface area contributed by atoms with E-state index in [2.05, 4.69) is 55.5 Å². The van der Waals surface area contributed by atoms with Crippen LogP contribution in [0.25, 0.3) is 0 Å². The van der Waals surface area contributed by atoms with Crippen LogP contribution in [0, 0.1) is 5.92 Å². The van der Waals surface area contributed by atoms with Crippen LogP contribution in [-0.4, -0.2) is 25.6 Å². The molecule has 0 N–H and O–H groups in total. The van der Waals surface area contributed by atoms with Crippen molar-refractivity contribution in [3.05, 3.63) is 60.2 Å². The molecule has 3 atom stereocenters. The van der Waals surface area contributed by atoms with Crippen molar-refractivity contribution in [2.45, 2.75) is 51.1 Å². The van der Waals surface area contributed by atoms with E-state index in [1.54, 1.807) is 0 Å². The molecule has 1 aromatic rings. The van der Waals surface area contributed by atoms with Gasteiger partial charge in [-0.15, -0.1) is 0 Å². The van der Waals surface area contributed by atoms with Crippen molar-refractivity contribution in [1.82, 2.24) is 0 Å². The van der Waals surface area contributed by atoms with Crippen molar-refractivity contribution in [2.75, 3.05) is 13.2 Å². The van der Waals surface area contributed by atoms with E-state index in [1.807, 2.05) is 6.07 Å². The predicted molar refractivity (Wildman–Crippen MR) is 95.7 cm³/mol. The maximum atomic E-state index is 6.34. The van der Waals surface area contributed by atoms with E-state index in [0.717, 1.165) is 25.7 Å². The van der Waals surface area contributed by atoms with Gasteiger partial charge in [-0.3, -0.25) is 0 Å². The van der Waals surface area contributed by atoms with Gasteiger partial charge in [0.2, 0.25) is 0 Å². The third kappa shape index (κ3) is 4.56. The first-order valence-electron chi connectivity index (χ1n) is 9.13. The Balaban J connectivity index is 1.62. The molecule has 0 unspecified atom stereocenters. The fourth-order valence-electron chi connectivity index (χ4n) is 3.40. The highest BCUT2D eigenvalue weighted by molar-refractivity contribution is 5.19. The van der Waals surface area contributed by atoms with Crippen molar-refractivity contribution in [1.29, 1.82) is 0 Å². The van der Waals surface area contributed by atoms with E-state index < -0.39 is 0 Å². The Labute approximate surface area is 145 Å². The highest BCUT2D eigenvalue weighted by Crippen LogP contribution is 2.41. The van der Waals surface area contributed by atoms with Crippen LogP contribution in [0.2, 0.25) is 0 Å². The second kappa shape index (κ2) is 9.16. The summed E-state index contributed by atoms with van der Waals surface area (Å²) in [7, 11) is 0. The molecule has 2 aliphatic rings. The molecular formula is C21H28O3. The summed E-state index contributed by atoms with van der Waals surface area (Å²) in [5.41, 5.74) is 1.24. The lowest BCUT2D eigenvalue weighted by molar-refractivity contribution is -0.0940. The number of unbranched alkanes of at least 4 members (excludes halogenated alkanes) is 1. The van der Waals surface area contributed by atoms with Crippen LogP contribution in [0.5, 0.6) is 0 Å². The van der Waals surface area contributed by atoms with Crippen LogP contribution < -0.4 is 0 Å². The Morgan fingerprint density at radius 3 is 2.50 bits per heavy atom. The first-order valence-corrected chi connectivity index (χ1v) is 9.13. The Bertz CT molecular complexity index is 531. The molecule has 1 aromatic carbocycles. The molecule has 2 fully saturated rings. The first-order chi connectivity index (χ1) is 11.9. The Morgan fingerprint density at radius 1 is 1.00 bits per heavy atom. The van der Waals surface area contributed by atoms with Gasteiger partial charge in [-0.25, -0.2) is 0 Å². The van der Waals surface area contributed by atoms with Gasteiger partial charge in [0, 0.05) is 5.92 Å². The van der Waals surface area contributed by atoms with E-state index in [-0.39, 0.29) is 24.4 Å². The molecule has 0 aromatic heterocycles. The lowest BCUT2D eigenvalue weighted by Gasteiger charge is -2.20. The molecule has 2 heterocycles. The Morgan fingerprint density at radius 2 is 1.75 bits per heavy atom. The van der Waals surface area contributed by atoms with Gasteiger partial charge in [0.05, 0.1) is 25.4 Å². The van der Waals surface area contributed by atoms with Crippen molar-refractivity contribution < 1.29 is 14.2 Å². The molecular weight excluding hydrogens is 300 g/mol. The van der Waals surface area contributed by atoms with E-state index in [0.29, 0.717) is 13.2 Å². The lowest BCUT2D eigenvalue weighted by atomic mass is 9.95. The fraction of sp³-hybridized carbons (Fsp3) is 0.524. The Kier molecular flexibility index (Phi) is 6.65. The van der Waals surface area contributed by atoms with Crippen molar-refractivity contribution in [3.63, 3.8) is 0 Å². The van der Waals surface area contributed by atoms with Gasteiger partial charge in [-0.1, -0.05) is 61.6 Å². The standard InChI is InChI=1S/C21H28O3/c1-2-3-4-5-6-10-13-19-18(21-22-14-15-23-21)16-20(24-19)17-11-8-7-9-12-17/h3-4,7-13,18-21H,2,5-6,14-16H2,1H3/b4-3+,13-10+/t18-,19+,20-/m0/s1. The van der Waals surface area contributed by atoms with Crippen molar-refractivity contribution in [2.24, 2.45) is 5.92 Å². The molecule has 0 spiro atoms. The summed E-state index contributed by atoms with van der Waals surface area (Å²) < 4.78 is 17.9. The molecule has 2 aliphatic heterocycles. The molecule has 3 nitrogen and oxygen atoms in total. The molecule has 0 radical (unpaired) electrons. The zero-order valence-corrected chi connectivity index (χ0v) is 14.5. The zero-order valence-electron chi connectivity index (χ0n) is 14.5. The third-order valence-corrected chi connectivity index (χ3v) is 4.63. The summed E-state index contributed by atoms with van der Waals surface area (Å²) in [6, 6.07) is 10.5. The predicted octanol–water partition coefficient (Wildman–Crippen LogP) is 4.81. The molecule has 3 rings (SSSR count). The summed E-state index contributed by atoms with van der Waals surface area (Å²) >= 11 is 0. The van der Waals surface area contributed by atoms with E-state index in [4.69, 9.17) is 14.2 Å². The summed E-state index contributed by atoms with van der Waals surface area (Å²) in [6.45, 7) is 3.54. The van der Waals surface area contributed by atoms with Gasteiger partial charge in [0.25, 0.3) is 0 Å². The molecule has 0 bridgehead atoms. The molecule has 24 heavy (non-hydrogen) atoms. The number of hydrogen-bond acceptors (Lipinski definition) is 3. The molecule has 0 amide bonds. The van der Waals surface area contributed by atoms with Crippen LogP contribution in [0.15, 0.2) is 54.6 Å². The molecule has 2 saturated heterocycles. The largest absolute Gasteiger partial charge is 0.366 e. The van der Waals surface area contributed by atoms with Gasteiger partial charge in [0.1, 0.15) is 0 Å². The Hall–Kier alpha value is -1.42. The van der Waals surface area contributed by atoms with E-state index in [1.165, 1.54) is 5.56 Å². The van der Waals surface area contributed by atoms with Gasteiger partial charge in [0.15, 0.2) is 6.29 Å². The maximum absolute atomic E-state index is 6.34. The zero-order chi connectivity index (χ0) is 16.6. The van der Waals surface area contributed by atoms with E-state index in [9.17, 15) is 0 Å². The smallest absolute Gasteiger partial charge is 0.163 e. The van der Waals surface area contributed by atoms with Gasteiger partial charge in [-0.2, -0.15) is 0 Å². The van der Waals surface area contributed by atoms with Crippen LogP contribution in [0.1, 0.15) is 44.3 Å². The van der Waals surface area contributed by atoms with Gasteiger partial charge < -0.3 is 14.2 Å². The highest BCUT2D eigenvalue weighted by Gasteiger charge is 2.41.